The van der Waals surface area contributed by atoms with Crippen molar-refractivity contribution in [3.63, 3.8) is 0 Å². The minimum absolute atomic E-state index is 0.179. The summed E-state index contributed by atoms with van der Waals surface area (Å²) in [6.07, 6.45) is 6.23. The Balaban J connectivity index is 1.85. The smallest absolute Gasteiger partial charge is 0.257 e. The van der Waals surface area contributed by atoms with Gasteiger partial charge in [0, 0.05) is 34.7 Å². The third-order valence-corrected chi connectivity index (χ3v) is 3.76. The lowest BCUT2D eigenvalue weighted by molar-refractivity contribution is 0.102. The first-order valence-corrected chi connectivity index (χ1v) is 7.61. The second-order valence-corrected chi connectivity index (χ2v) is 5.55. The molecule has 0 saturated heterocycles. The Morgan fingerprint density at radius 1 is 1.04 bits per heavy atom. The van der Waals surface area contributed by atoms with Crippen molar-refractivity contribution in [2.24, 2.45) is 0 Å². The van der Waals surface area contributed by atoms with Crippen LogP contribution >= 0.6 is 11.6 Å². The highest BCUT2D eigenvalue weighted by Gasteiger charge is 2.11. The number of nitrogens with zero attached hydrogens (tertiary/aromatic N) is 2. The van der Waals surface area contributed by atoms with Gasteiger partial charge in [-0.3, -0.25) is 14.8 Å². The number of carbonyl (C=O) groups excluding carboxylic acids is 1. The summed E-state index contributed by atoms with van der Waals surface area (Å²) in [5.41, 5.74) is 3.21. The van der Waals surface area contributed by atoms with Crippen molar-refractivity contribution < 1.29 is 9.90 Å². The fraction of sp³-hybridized carbons (Fsp3) is 0.0556. The molecule has 0 radical (unpaired) electrons. The molecular weight excluding hydrogens is 326 g/mol. The summed E-state index contributed by atoms with van der Waals surface area (Å²) in [7, 11) is 0. The fourth-order valence-corrected chi connectivity index (χ4v) is 2.36. The second kappa shape index (κ2) is 7.21. The van der Waals surface area contributed by atoms with E-state index < -0.39 is 0 Å². The van der Waals surface area contributed by atoms with E-state index in [-0.39, 0.29) is 12.5 Å². The number of hydrogen-bond acceptors (Lipinski definition) is 4. The molecule has 0 spiro atoms. The van der Waals surface area contributed by atoms with Crippen LogP contribution in [0.3, 0.4) is 0 Å². The SMILES string of the molecule is O=C(Nc1cnccc1CO)c1cncc(-c2ccc(Cl)cc2)c1. The third kappa shape index (κ3) is 3.59. The first kappa shape index (κ1) is 16.1. The number of amides is 1. The molecule has 0 fully saturated rings. The summed E-state index contributed by atoms with van der Waals surface area (Å²) in [4.78, 5) is 20.5. The fourth-order valence-electron chi connectivity index (χ4n) is 2.23. The number of halogens is 1. The van der Waals surface area contributed by atoms with Gasteiger partial charge in [-0.2, -0.15) is 0 Å². The maximum atomic E-state index is 12.4. The van der Waals surface area contributed by atoms with E-state index in [2.05, 4.69) is 15.3 Å². The van der Waals surface area contributed by atoms with E-state index >= 15 is 0 Å². The molecule has 0 aliphatic heterocycles. The Labute approximate surface area is 144 Å². The minimum atomic E-state index is -0.319. The highest BCUT2D eigenvalue weighted by Crippen LogP contribution is 2.22. The molecule has 2 N–H and O–H groups in total. The van der Waals surface area contributed by atoms with Crippen LogP contribution in [0.1, 0.15) is 15.9 Å². The van der Waals surface area contributed by atoms with E-state index in [4.69, 9.17) is 11.6 Å². The molecule has 24 heavy (non-hydrogen) atoms. The van der Waals surface area contributed by atoms with Crippen LogP contribution < -0.4 is 5.32 Å². The molecule has 0 aliphatic carbocycles. The van der Waals surface area contributed by atoms with E-state index in [1.54, 1.807) is 36.7 Å². The molecule has 0 bridgehead atoms. The summed E-state index contributed by atoms with van der Waals surface area (Å²) in [5.74, 6) is -0.319. The van der Waals surface area contributed by atoms with Gasteiger partial charge in [-0.1, -0.05) is 23.7 Å². The van der Waals surface area contributed by atoms with Crippen LogP contribution in [0.2, 0.25) is 5.02 Å². The van der Waals surface area contributed by atoms with Crippen molar-refractivity contribution in [3.05, 3.63) is 77.3 Å². The van der Waals surface area contributed by atoms with Crippen molar-refractivity contribution >= 4 is 23.2 Å². The minimum Gasteiger partial charge on any atom is -0.392 e. The number of benzene rings is 1. The molecule has 6 heteroatoms. The molecule has 1 amide bonds. The summed E-state index contributed by atoms with van der Waals surface area (Å²) < 4.78 is 0. The first-order chi connectivity index (χ1) is 11.7. The van der Waals surface area contributed by atoms with Crippen molar-refractivity contribution in [1.29, 1.82) is 0 Å². The lowest BCUT2D eigenvalue weighted by Crippen LogP contribution is -2.14. The molecule has 5 nitrogen and oxygen atoms in total. The van der Waals surface area contributed by atoms with Gasteiger partial charge in [-0.05, 0) is 29.8 Å². The average Bonchev–Trinajstić information content (AvgIpc) is 2.63. The number of aromatic nitrogens is 2. The Morgan fingerprint density at radius 2 is 1.83 bits per heavy atom. The molecule has 0 unspecified atom stereocenters. The van der Waals surface area contributed by atoms with E-state index in [9.17, 15) is 9.90 Å². The largest absolute Gasteiger partial charge is 0.392 e. The lowest BCUT2D eigenvalue weighted by Gasteiger charge is -2.09. The number of rotatable bonds is 4. The Kier molecular flexibility index (Phi) is 4.84. The molecule has 2 aromatic heterocycles. The van der Waals surface area contributed by atoms with E-state index in [1.165, 1.54) is 12.4 Å². The number of pyridine rings is 2. The van der Waals surface area contributed by atoms with Gasteiger partial charge in [-0.15, -0.1) is 0 Å². The van der Waals surface area contributed by atoms with Crippen LogP contribution in [0.15, 0.2) is 61.2 Å². The van der Waals surface area contributed by atoms with Gasteiger partial charge in [0.1, 0.15) is 0 Å². The monoisotopic (exact) mass is 339 g/mol. The second-order valence-electron chi connectivity index (χ2n) is 5.11. The van der Waals surface area contributed by atoms with E-state index in [0.29, 0.717) is 21.8 Å². The molecular formula is C18H14ClN3O2. The van der Waals surface area contributed by atoms with Crippen molar-refractivity contribution in [2.45, 2.75) is 6.61 Å². The quantitative estimate of drug-likeness (QED) is 0.762. The maximum Gasteiger partial charge on any atom is 0.257 e. The molecule has 3 rings (SSSR count). The van der Waals surface area contributed by atoms with Gasteiger partial charge in [0.2, 0.25) is 0 Å². The Hall–Kier alpha value is -2.76. The summed E-state index contributed by atoms with van der Waals surface area (Å²) in [6, 6.07) is 10.7. The summed E-state index contributed by atoms with van der Waals surface area (Å²) >= 11 is 5.89. The first-order valence-electron chi connectivity index (χ1n) is 7.23. The molecule has 120 valence electrons. The lowest BCUT2D eigenvalue weighted by atomic mass is 10.1. The number of aliphatic hydroxyl groups is 1. The highest BCUT2D eigenvalue weighted by molar-refractivity contribution is 6.30. The van der Waals surface area contributed by atoms with Gasteiger partial charge in [0.25, 0.3) is 5.91 Å². The summed E-state index contributed by atoms with van der Waals surface area (Å²) in [5, 5.41) is 12.7. The average molecular weight is 340 g/mol. The van der Waals surface area contributed by atoms with Crippen LogP contribution in [0.25, 0.3) is 11.1 Å². The van der Waals surface area contributed by atoms with Gasteiger partial charge in [-0.25, -0.2) is 0 Å². The Morgan fingerprint density at radius 3 is 2.58 bits per heavy atom. The number of anilines is 1. The van der Waals surface area contributed by atoms with Crippen LogP contribution in [-0.2, 0) is 6.61 Å². The number of carbonyl (C=O) groups is 1. The predicted octanol–water partition coefficient (Wildman–Crippen LogP) is 3.54. The predicted molar refractivity (Wildman–Crippen MR) is 92.8 cm³/mol. The molecule has 3 aromatic rings. The zero-order chi connectivity index (χ0) is 16.9. The van der Waals surface area contributed by atoms with Crippen molar-refractivity contribution in [3.8, 4) is 11.1 Å². The van der Waals surface area contributed by atoms with E-state index in [0.717, 1.165) is 11.1 Å². The molecule has 2 heterocycles. The zero-order valence-corrected chi connectivity index (χ0v) is 13.4. The number of nitrogens with one attached hydrogen (secondary N) is 1. The Bertz CT molecular complexity index is 866. The third-order valence-electron chi connectivity index (χ3n) is 3.51. The van der Waals surface area contributed by atoms with Crippen LogP contribution in [0, 0.1) is 0 Å². The summed E-state index contributed by atoms with van der Waals surface area (Å²) in [6.45, 7) is -0.179. The standard InChI is InChI=1S/C18H14ClN3O2/c19-16-3-1-12(2-4-16)14-7-15(9-21-8-14)18(24)22-17-10-20-6-5-13(17)11-23/h1-10,23H,11H2,(H,22,24). The molecule has 0 atom stereocenters. The maximum absolute atomic E-state index is 12.4. The van der Waals surface area contributed by atoms with Gasteiger partial charge in [0.15, 0.2) is 0 Å². The van der Waals surface area contributed by atoms with Crippen LogP contribution in [0.4, 0.5) is 5.69 Å². The molecule has 0 saturated carbocycles. The van der Waals surface area contributed by atoms with Crippen molar-refractivity contribution in [2.75, 3.05) is 5.32 Å². The van der Waals surface area contributed by atoms with Gasteiger partial charge < -0.3 is 10.4 Å². The highest BCUT2D eigenvalue weighted by atomic mass is 35.5. The van der Waals surface area contributed by atoms with Gasteiger partial charge in [0.05, 0.1) is 24.1 Å². The van der Waals surface area contributed by atoms with Crippen LogP contribution in [0.5, 0.6) is 0 Å². The van der Waals surface area contributed by atoms with Gasteiger partial charge >= 0.3 is 0 Å². The number of aliphatic hydroxyl groups excluding tert-OH is 1. The zero-order valence-electron chi connectivity index (χ0n) is 12.6. The topological polar surface area (TPSA) is 75.1 Å². The molecule has 1 aromatic carbocycles. The normalized spacial score (nSPS) is 10.4. The van der Waals surface area contributed by atoms with E-state index in [1.807, 2.05) is 12.1 Å². The number of hydrogen-bond donors (Lipinski definition) is 2. The van der Waals surface area contributed by atoms with Crippen molar-refractivity contribution in [1.82, 2.24) is 9.97 Å². The molecule has 0 aliphatic rings. The van der Waals surface area contributed by atoms with Crippen LogP contribution in [-0.4, -0.2) is 21.0 Å².